The summed E-state index contributed by atoms with van der Waals surface area (Å²) in [4.78, 5) is 28.5. The highest BCUT2D eigenvalue weighted by molar-refractivity contribution is 6.32. The number of hydrogen-bond donors (Lipinski definition) is 1. The quantitative estimate of drug-likeness (QED) is 0.307. The Kier molecular flexibility index (Phi) is 8.38. The maximum Gasteiger partial charge on any atom is 0.245 e. The number of halogens is 1. The molecule has 7 heteroatoms. The Hall–Kier alpha value is -3.12. The van der Waals surface area contributed by atoms with E-state index in [1.165, 1.54) is 5.56 Å². The molecule has 0 aliphatic heterocycles. The van der Waals surface area contributed by atoms with Gasteiger partial charge in [-0.05, 0) is 36.5 Å². The fourth-order valence-electron chi connectivity index (χ4n) is 4.59. The summed E-state index contributed by atoms with van der Waals surface area (Å²) in [5, 5.41) is 8.32. The highest BCUT2D eigenvalue weighted by atomic mass is 35.5. The van der Waals surface area contributed by atoms with Crippen LogP contribution in [0, 0.1) is 5.92 Å². The van der Waals surface area contributed by atoms with Crippen LogP contribution in [0.2, 0.25) is 5.02 Å². The van der Waals surface area contributed by atoms with Gasteiger partial charge in [-0.3, -0.25) is 9.59 Å². The summed E-state index contributed by atoms with van der Waals surface area (Å²) in [6.07, 6.45) is 3.79. The van der Waals surface area contributed by atoms with E-state index in [0.717, 1.165) is 31.4 Å². The van der Waals surface area contributed by atoms with Crippen LogP contribution in [0.1, 0.15) is 70.6 Å². The number of unbranched alkanes of at least 4 members (excludes halogenated alkanes) is 2. The lowest BCUT2D eigenvalue weighted by molar-refractivity contribution is -0.136. The predicted octanol–water partition coefficient (Wildman–Crippen LogP) is 6.58. The summed E-state index contributed by atoms with van der Waals surface area (Å²) in [6, 6.07) is 19.5. The molecule has 1 saturated carbocycles. The molecule has 6 nitrogen and oxygen atoms in total. The van der Waals surface area contributed by atoms with E-state index in [4.69, 9.17) is 16.7 Å². The van der Waals surface area contributed by atoms with Crippen molar-refractivity contribution in [1.82, 2.24) is 14.7 Å². The molecule has 1 heterocycles. The van der Waals surface area contributed by atoms with Gasteiger partial charge >= 0.3 is 0 Å². The first-order valence-electron chi connectivity index (χ1n) is 13.2. The van der Waals surface area contributed by atoms with Gasteiger partial charge in [0.15, 0.2) is 0 Å². The van der Waals surface area contributed by atoms with Crippen LogP contribution < -0.4 is 5.32 Å². The molecule has 1 aliphatic rings. The molecule has 2 aromatic carbocycles. The molecule has 1 fully saturated rings. The first-order valence-corrected chi connectivity index (χ1v) is 13.6. The van der Waals surface area contributed by atoms with Crippen LogP contribution in [-0.2, 0) is 15.0 Å². The van der Waals surface area contributed by atoms with Gasteiger partial charge in [0.05, 0.1) is 22.9 Å². The number of nitrogens with zero attached hydrogens (tertiary/aromatic N) is 3. The van der Waals surface area contributed by atoms with Gasteiger partial charge in [0, 0.05) is 23.9 Å². The van der Waals surface area contributed by atoms with Crippen molar-refractivity contribution >= 4 is 29.2 Å². The summed E-state index contributed by atoms with van der Waals surface area (Å²) >= 11 is 6.47. The van der Waals surface area contributed by atoms with Gasteiger partial charge in [0.2, 0.25) is 11.8 Å². The fourth-order valence-corrected chi connectivity index (χ4v) is 4.81. The summed E-state index contributed by atoms with van der Waals surface area (Å²) in [6.45, 7) is 8.95. The van der Waals surface area contributed by atoms with E-state index in [0.29, 0.717) is 23.1 Å². The minimum absolute atomic E-state index is 0.0130. The zero-order chi connectivity index (χ0) is 26.6. The second-order valence-electron chi connectivity index (χ2n) is 10.9. The van der Waals surface area contributed by atoms with Crippen LogP contribution in [0.25, 0.3) is 5.69 Å². The van der Waals surface area contributed by atoms with Crippen molar-refractivity contribution in [2.24, 2.45) is 5.92 Å². The summed E-state index contributed by atoms with van der Waals surface area (Å²) in [5.74, 6) is 0.544. The van der Waals surface area contributed by atoms with Gasteiger partial charge in [0.25, 0.3) is 0 Å². The number of amides is 2. The second kappa shape index (κ2) is 11.5. The molecule has 3 aromatic rings. The molecule has 196 valence electrons. The monoisotopic (exact) mass is 520 g/mol. The van der Waals surface area contributed by atoms with Crippen LogP contribution in [0.15, 0.2) is 60.7 Å². The molecular formula is C30H37ClN4O2. The zero-order valence-electron chi connectivity index (χ0n) is 22.2. The smallest absolute Gasteiger partial charge is 0.245 e. The van der Waals surface area contributed by atoms with Crippen molar-refractivity contribution in [1.29, 1.82) is 0 Å². The van der Waals surface area contributed by atoms with Crippen molar-refractivity contribution in [3.63, 3.8) is 0 Å². The Balaban J connectivity index is 1.52. The van der Waals surface area contributed by atoms with Gasteiger partial charge in [-0.15, -0.1) is 0 Å². The maximum atomic E-state index is 13.5. The van der Waals surface area contributed by atoms with E-state index >= 15 is 0 Å². The van der Waals surface area contributed by atoms with Crippen LogP contribution in [0.5, 0.6) is 0 Å². The molecule has 0 spiro atoms. The zero-order valence-corrected chi connectivity index (χ0v) is 23.0. The molecule has 0 saturated heterocycles. The molecule has 2 amide bonds. The Morgan fingerprint density at radius 1 is 1.08 bits per heavy atom. The lowest BCUT2D eigenvalue weighted by Crippen LogP contribution is -2.40. The predicted molar refractivity (Wildman–Crippen MR) is 149 cm³/mol. The van der Waals surface area contributed by atoms with E-state index in [1.54, 1.807) is 15.6 Å². The van der Waals surface area contributed by atoms with Crippen LogP contribution in [-0.4, -0.2) is 39.6 Å². The van der Waals surface area contributed by atoms with E-state index in [-0.39, 0.29) is 35.6 Å². The molecular weight excluding hydrogens is 484 g/mol. The van der Waals surface area contributed by atoms with Crippen molar-refractivity contribution in [2.45, 2.75) is 64.7 Å². The Morgan fingerprint density at radius 3 is 2.46 bits per heavy atom. The van der Waals surface area contributed by atoms with E-state index < -0.39 is 0 Å². The SMILES string of the molecule is CCCCCN(CC(=O)Nc1cc(C(C)(C)C)nn1-c1ccccc1Cl)C(=O)C1CC1c1ccccc1. The van der Waals surface area contributed by atoms with Gasteiger partial charge in [0.1, 0.15) is 5.82 Å². The van der Waals surface area contributed by atoms with Gasteiger partial charge in [-0.1, -0.05) is 94.6 Å². The third-order valence-electron chi connectivity index (χ3n) is 6.84. The van der Waals surface area contributed by atoms with Gasteiger partial charge in [-0.2, -0.15) is 5.10 Å². The number of aromatic nitrogens is 2. The molecule has 1 aromatic heterocycles. The lowest BCUT2D eigenvalue weighted by Gasteiger charge is -2.23. The second-order valence-corrected chi connectivity index (χ2v) is 11.3. The summed E-state index contributed by atoms with van der Waals surface area (Å²) in [5.41, 5.74) is 2.50. The number of rotatable bonds is 10. The topological polar surface area (TPSA) is 67.2 Å². The number of para-hydroxylation sites is 1. The minimum atomic E-state index is -0.240. The van der Waals surface area contributed by atoms with E-state index in [2.05, 4.69) is 45.1 Å². The number of carbonyl (C=O) groups is 2. The normalized spacial score (nSPS) is 16.9. The van der Waals surface area contributed by atoms with Crippen molar-refractivity contribution in [3.05, 3.63) is 76.9 Å². The Labute approximate surface area is 225 Å². The molecule has 0 bridgehead atoms. The first-order chi connectivity index (χ1) is 17.7. The van der Waals surface area contributed by atoms with Crippen LogP contribution in [0.3, 0.4) is 0 Å². The standard InChI is InChI=1S/C30H37ClN4O2/c1-5-6-12-17-34(29(37)23-18-22(23)21-13-8-7-9-14-21)20-28(36)32-27-19-26(30(2,3)4)33-35(27)25-16-11-10-15-24(25)31/h7-11,13-16,19,22-23H,5-6,12,17-18,20H2,1-4H3,(H,32,36). The third kappa shape index (κ3) is 6.61. The number of benzene rings is 2. The van der Waals surface area contributed by atoms with Crippen molar-refractivity contribution in [3.8, 4) is 5.69 Å². The number of hydrogen-bond acceptors (Lipinski definition) is 3. The lowest BCUT2D eigenvalue weighted by atomic mass is 9.92. The van der Waals surface area contributed by atoms with E-state index in [1.807, 2.05) is 42.5 Å². The average molecular weight is 521 g/mol. The van der Waals surface area contributed by atoms with Crippen molar-refractivity contribution < 1.29 is 9.59 Å². The highest BCUT2D eigenvalue weighted by Crippen LogP contribution is 2.48. The van der Waals surface area contributed by atoms with Crippen molar-refractivity contribution in [2.75, 3.05) is 18.4 Å². The summed E-state index contributed by atoms with van der Waals surface area (Å²) in [7, 11) is 0. The number of carbonyl (C=O) groups excluding carboxylic acids is 2. The Morgan fingerprint density at radius 2 is 1.78 bits per heavy atom. The molecule has 0 radical (unpaired) electrons. The molecule has 1 aliphatic carbocycles. The fraction of sp³-hybridized carbons (Fsp3) is 0.433. The Bertz CT molecular complexity index is 1230. The molecule has 4 rings (SSSR count). The number of nitrogens with one attached hydrogen (secondary N) is 1. The van der Waals surface area contributed by atoms with E-state index in [9.17, 15) is 9.59 Å². The molecule has 1 N–H and O–H groups in total. The first kappa shape index (κ1) is 26.9. The van der Waals surface area contributed by atoms with Gasteiger partial charge < -0.3 is 10.2 Å². The maximum absolute atomic E-state index is 13.5. The molecule has 2 atom stereocenters. The average Bonchev–Trinajstić information content (AvgIpc) is 3.56. The molecule has 37 heavy (non-hydrogen) atoms. The highest BCUT2D eigenvalue weighted by Gasteiger charge is 2.45. The third-order valence-corrected chi connectivity index (χ3v) is 7.16. The van der Waals surface area contributed by atoms with Crippen LogP contribution >= 0.6 is 11.6 Å². The number of anilines is 1. The largest absolute Gasteiger partial charge is 0.333 e. The van der Waals surface area contributed by atoms with Crippen LogP contribution in [0.4, 0.5) is 5.82 Å². The minimum Gasteiger partial charge on any atom is -0.333 e. The summed E-state index contributed by atoms with van der Waals surface area (Å²) < 4.78 is 1.68. The van der Waals surface area contributed by atoms with Gasteiger partial charge in [-0.25, -0.2) is 4.68 Å². The molecule has 2 unspecified atom stereocenters.